The van der Waals surface area contributed by atoms with Gasteiger partial charge in [-0.1, -0.05) is 11.6 Å². The first-order valence-corrected chi connectivity index (χ1v) is 6.41. The van der Waals surface area contributed by atoms with Gasteiger partial charge in [-0.3, -0.25) is 0 Å². The Morgan fingerprint density at radius 1 is 1.47 bits per heavy atom. The molecule has 0 bridgehead atoms. The van der Waals surface area contributed by atoms with E-state index in [-0.39, 0.29) is 0 Å². The van der Waals surface area contributed by atoms with E-state index in [2.05, 4.69) is 4.98 Å². The molecule has 0 N–H and O–H groups in total. The number of hydrogen-bond donors (Lipinski definition) is 0. The number of aromatic nitrogens is 1. The van der Waals surface area contributed by atoms with E-state index in [1.807, 2.05) is 0 Å². The highest BCUT2D eigenvalue weighted by molar-refractivity contribution is 8.14. The summed E-state index contributed by atoms with van der Waals surface area (Å²) in [5.74, 6) is -1.33. The second kappa shape index (κ2) is 4.67. The van der Waals surface area contributed by atoms with Gasteiger partial charge in [0, 0.05) is 16.7 Å². The van der Waals surface area contributed by atoms with Gasteiger partial charge in [-0.05, 0) is 9.91 Å². The number of halogens is 4. The Hall–Kier alpha value is -1.06. The highest BCUT2D eigenvalue weighted by Gasteiger charge is 2.32. The minimum atomic E-state index is -4.56. The molecular formula is C6H2Cl2F2N2O4S. The van der Waals surface area contributed by atoms with E-state index >= 15 is 0 Å². The highest BCUT2D eigenvalue weighted by Crippen LogP contribution is 2.34. The van der Waals surface area contributed by atoms with Crippen molar-refractivity contribution in [1.82, 2.24) is 4.98 Å². The van der Waals surface area contributed by atoms with Crippen LogP contribution in [0.5, 0.6) is 0 Å². The summed E-state index contributed by atoms with van der Waals surface area (Å²) < 4.78 is 46.6. The lowest BCUT2D eigenvalue weighted by molar-refractivity contribution is -0.392. The van der Waals surface area contributed by atoms with Crippen LogP contribution in [0.1, 0.15) is 12.1 Å². The van der Waals surface area contributed by atoms with Gasteiger partial charge >= 0.3 is 12.2 Å². The minimum absolute atomic E-state index is 0.508. The zero-order valence-corrected chi connectivity index (χ0v) is 9.93. The van der Waals surface area contributed by atoms with Crippen molar-refractivity contribution >= 4 is 37.2 Å². The van der Waals surface area contributed by atoms with Gasteiger partial charge < -0.3 is 10.1 Å². The Balaban J connectivity index is 3.68. The first-order chi connectivity index (χ1) is 7.64. The topological polar surface area (TPSA) is 90.2 Å². The second-order valence-electron chi connectivity index (χ2n) is 2.68. The Morgan fingerprint density at radius 2 is 2.00 bits per heavy atom. The average Bonchev–Trinajstić information content (AvgIpc) is 2.13. The van der Waals surface area contributed by atoms with E-state index in [4.69, 9.17) is 22.3 Å². The Kier molecular flexibility index (Phi) is 3.84. The van der Waals surface area contributed by atoms with Gasteiger partial charge in [-0.25, -0.2) is 17.2 Å². The molecule has 0 radical (unpaired) electrons. The molecule has 0 aliphatic rings. The van der Waals surface area contributed by atoms with Crippen molar-refractivity contribution in [3.8, 4) is 0 Å². The molecule has 0 atom stereocenters. The Labute approximate surface area is 103 Å². The van der Waals surface area contributed by atoms with Crippen LogP contribution in [-0.2, 0) is 9.05 Å². The molecule has 11 heteroatoms. The predicted molar refractivity (Wildman–Crippen MR) is 53.9 cm³/mol. The van der Waals surface area contributed by atoms with Gasteiger partial charge in [0.2, 0.25) is 5.69 Å². The molecule has 6 nitrogen and oxygen atoms in total. The minimum Gasteiger partial charge on any atom is -0.358 e. The maximum absolute atomic E-state index is 12.3. The van der Waals surface area contributed by atoms with Crippen LogP contribution in [0.4, 0.5) is 14.6 Å². The largest absolute Gasteiger partial charge is 0.385 e. The van der Waals surface area contributed by atoms with Crippen LogP contribution in [0.2, 0.25) is 5.02 Å². The van der Waals surface area contributed by atoms with Crippen LogP contribution in [0.3, 0.4) is 0 Å². The SMILES string of the molecule is O=[N+]([O-])c1nc(C(F)F)cc(Cl)c1S(=O)(=O)Cl. The second-order valence-corrected chi connectivity index (χ2v) is 5.59. The van der Waals surface area contributed by atoms with Gasteiger partial charge in [0.05, 0.1) is 5.02 Å². The number of nitro groups is 1. The Bertz CT molecular complexity index is 578. The van der Waals surface area contributed by atoms with E-state index in [0.717, 1.165) is 0 Å². The predicted octanol–water partition coefficient (Wildman–Crippen LogP) is 2.51. The summed E-state index contributed by atoms with van der Waals surface area (Å²) in [4.78, 5) is 11.1. The van der Waals surface area contributed by atoms with E-state index in [9.17, 15) is 27.3 Å². The lowest BCUT2D eigenvalue weighted by atomic mass is 10.3. The van der Waals surface area contributed by atoms with Crippen molar-refractivity contribution in [2.24, 2.45) is 0 Å². The van der Waals surface area contributed by atoms with Gasteiger partial charge in [0.1, 0.15) is 0 Å². The van der Waals surface area contributed by atoms with Crippen molar-refractivity contribution in [3.63, 3.8) is 0 Å². The molecule has 17 heavy (non-hydrogen) atoms. The van der Waals surface area contributed by atoms with Crippen LogP contribution in [0.15, 0.2) is 11.0 Å². The monoisotopic (exact) mass is 306 g/mol. The van der Waals surface area contributed by atoms with Crippen molar-refractivity contribution in [2.45, 2.75) is 11.3 Å². The standard InChI is InChI=1S/C6H2Cl2F2N2O4S/c7-2-1-3(5(9)10)11-6(12(13)14)4(2)17(8,15)16/h1,5H. The summed E-state index contributed by atoms with van der Waals surface area (Å²) >= 11 is 5.37. The smallest absolute Gasteiger partial charge is 0.358 e. The third-order valence-electron chi connectivity index (χ3n) is 1.57. The van der Waals surface area contributed by atoms with Crippen LogP contribution in [0.25, 0.3) is 0 Å². The van der Waals surface area contributed by atoms with E-state index in [1.54, 1.807) is 0 Å². The summed E-state index contributed by atoms with van der Waals surface area (Å²) in [6, 6.07) is 0.508. The number of rotatable bonds is 3. The zero-order valence-electron chi connectivity index (χ0n) is 7.60. The Morgan fingerprint density at radius 3 is 2.35 bits per heavy atom. The van der Waals surface area contributed by atoms with Crippen LogP contribution in [0, 0.1) is 10.1 Å². The van der Waals surface area contributed by atoms with Crippen molar-refractivity contribution < 1.29 is 22.1 Å². The molecule has 1 aromatic rings. The molecule has 0 aliphatic carbocycles. The fourth-order valence-corrected chi connectivity index (χ4v) is 2.67. The fourth-order valence-electron chi connectivity index (χ4n) is 0.969. The van der Waals surface area contributed by atoms with Gasteiger partial charge in [0.15, 0.2) is 4.90 Å². The third kappa shape index (κ3) is 2.99. The molecule has 1 rings (SSSR count). The molecule has 0 spiro atoms. The lowest BCUT2D eigenvalue weighted by Gasteiger charge is -2.03. The molecule has 1 heterocycles. The molecule has 0 saturated carbocycles. The zero-order chi connectivity index (χ0) is 13.4. The molecule has 1 aromatic heterocycles. The molecule has 0 saturated heterocycles. The first-order valence-electron chi connectivity index (χ1n) is 3.72. The summed E-state index contributed by atoms with van der Waals surface area (Å²) in [7, 11) is 0.340. The van der Waals surface area contributed by atoms with Gasteiger partial charge in [0.25, 0.3) is 9.05 Å². The van der Waals surface area contributed by atoms with E-state index in [1.165, 1.54) is 0 Å². The maximum Gasteiger partial charge on any atom is 0.385 e. The summed E-state index contributed by atoms with van der Waals surface area (Å²) in [5.41, 5.74) is -1.01. The fraction of sp³-hybridized carbons (Fsp3) is 0.167. The molecule has 0 fully saturated rings. The molecule has 0 aromatic carbocycles. The number of alkyl halides is 2. The lowest BCUT2D eigenvalue weighted by Crippen LogP contribution is -2.05. The van der Waals surface area contributed by atoms with Crippen LogP contribution in [-0.4, -0.2) is 18.3 Å². The molecule has 0 unspecified atom stereocenters. The molecular weight excluding hydrogens is 305 g/mol. The number of nitrogens with zero attached hydrogens (tertiary/aromatic N) is 2. The molecule has 0 aliphatic heterocycles. The highest BCUT2D eigenvalue weighted by atomic mass is 35.7. The van der Waals surface area contributed by atoms with E-state index in [0.29, 0.717) is 6.07 Å². The van der Waals surface area contributed by atoms with E-state index < -0.39 is 41.8 Å². The normalized spacial score (nSPS) is 11.8. The first kappa shape index (κ1) is 14.0. The van der Waals surface area contributed by atoms with Crippen molar-refractivity contribution in [3.05, 3.63) is 26.9 Å². The van der Waals surface area contributed by atoms with Crippen molar-refractivity contribution in [1.29, 1.82) is 0 Å². The van der Waals surface area contributed by atoms with Gasteiger partial charge in [-0.2, -0.15) is 0 Å². The third-order valence-corrected chi connectivity index (χ3v) is 3.33. The maximum atomic E-state index is 12.3. The average molecular weight is 307 g/mol. The van der Waals surface area contributed by atoms with Crippen LogP contribution < -0.4 is 0 Å². The molecule has 0 amide bonds. The van der Waals surface area contributed by atoms with Crippen molar-refractivity contribution in [2.75, 3.05) is 0 Å². The summed E-state index contributed by atoms with van der Waals surface area (Å²) in [6.07, 6.45) is -3.13. The summed E-state index contributed by atoms with van der Waals surface area (Å²) in [6.45, 7) is 0. The molecule has 94 valence electrons. The van der Waals surface area contributed by atoms with Gasteiger partial charge in [-0.15, -0.1) is 0 Å². The van der Waals surface area contributed by atoms with Crippen LogP contribution >= 0.6 is 22.3 Å². The quantitative estimate of drug-likeness (QED) is 0.486. The number of hydrogen-bond acceptors (Lipinski definition) is 5. The summed E-state index contributed by atoms with van der Waals surface area (Å²) in [5, 5.41) is 9.73. The number of pyridine rings is 1.